The van der Waals surface area contributed by atoms with Gasteiger partial charge in [-0.1, -0.05) is 55.3 Å². The minimum Gasteiger partial charge on any atom is -0.484 e. The third-order valence-electron chi connectivity index (χ3n) is 5.61. The Bertz CT molecular complexity index is 1050. The molecule has 0 atom stereocenters. The maximum absolute atomic E-state index is 13.4. The van der Waals surface area contributed by atoms with E-state index in [2.05, 4.69) is 6.92 Å². The van der Waals surface area contributed by atoms with Gasteiger partial charge in [-0.05, 0) is 48.4 Å². The molecule has 0 radical (unpaired) electrons. The second-order valence-electron chi connectivity index (χ2n) is 8.26. The summed E-state index contributed by atoms with van der Waals surface area (Å²) in [5.41, 5.74) is 2.07. The van der Waals surface area contributed by atoms with E-state index in [4.69, 9.17) is 16.3 Å². The molecule has 2 amide bonds. The summed E-state index contributed by atoms with van der Waals surface area (Å²) in [6.07, 6.45) is 3.70. The van der Waals surface area contributed by atoms with Crippen LogP contribution in [0, 0.1) is 0 Å². The van der Waals surface area contributed by atoms with Crippen molar-refractivity contribution < 1.29 is 14.3 Å². The molecule has 0 spiro atoms. The number of hydrogen-bond acceptors (Lipinski definition) is 3. The molecule has 0 aliphatic rings. The smallest absolute Gasteiger partial charge is 0.260 e. The number of aryl methyl sites for hydroxylation is 1. The van der Waals surface area contributed by atoms with E-state index in [1.807, 2.05) is 60.3 Å². The van der Waals surface area contributed by atoms with Crippen molar-refractivity contribution in [2.75, 3.05) is 19.7 Å². The van der Waals surface area contributed by atoms with Crippen molar-refractivity contribution in [1.29, 1.82) is 0 Å². The van der Waals surface area contributed by atoms with E-state index in [9.17, 15) is 9.59 Å². The lowest BCUT2D eigenvalue weighted by Crippen LogP contribution is -2.44. The third-order valence-corrected chi connectivity index (χ3v) is 5.86. The van der Waals surface area contributed by atoms with Crippen LogP contribution in [0.1, 0.15) is 31.0 Å². The van der Waals surface area contributed by atoms with Crippen LogP contribution >= 0.6 is 11.6 Å². The molecule has 3 rings (SSSR count). The molecule has 0 saturated heterocycles. The van der Waals surface area contributed by atoms with E-state index >= 15 is 0 Å². The number of carbonyl (C=O) groups excluding carboxylic acids is 2. The highest BCUT2D eigenvalue weighted by Gasteiger charge is 2.22. The van der Waals surface area contributed by atoms with Crippen molar-refractivity contribution in [2.45, 2.75) is 32.9 Å². The monoisotopic (exact) mass is 481 g/mol. The molecule has 0 unspecified atom stereocenters. The Morgan fingerprint density at radius 1 is 0.912 bits per heavy atom. The Morgan fingerprint density at radius 2 is 1.65 bits per heavy atom. The predicted octanol–water partition coefficient (Wildman–Crippen LogP) is 4.92. The highest BCUT2D eigenvalue weighted by Crippen LogP contribution is 2.16. The van der Waals surface area contributed by atoms with Crippen molar-refractivity contribution in [2.24, 2.45) is 7.05 Å². The lowest BCUT2D eigenvalue weighted by atomic mass is 10.2. The molecule has 3 aromatic rings. The minimum absolute atomic E-state index is 0.0140. The van der Waals surface area contributed by atoms with Gasteiger partial charge in [0.25, 0.3) is 5.91 Å². The molecule has 0 aliphatic carbocycles. The first-order chi connectivity index (χ1) is 16.5. The summed E-state index contributed by atoms with van der Waals surface area (Å²) in [5.74, 6) is 0.255. The Hall–Kier alpha value is -3.25. The highest BCUT2D eigenvalue weighted by molar-refractivity contribution is 6.30. The summed E-state index contributed by atoms with van der Waals surface area (Å²) >= 11 is 5.91. The third kappa shape index (κ3) is 7.66. The summed E-state index contributed by atoms with van der Waals surface area (Å²) < 4.78 is 7.65. The lowest BCUT2D eigenvalue weighted by molar-refractivity contribution is -0.142. The topological polar surface area (TPSA) is 54.8 Å². The first-order valence-corrected chi connectivity index (χ1v) is 11.9. The number of rotatable bonds is 12. The van der Waals surface area contributed by atoms with Crippen molar-refractivity contribution in [3.05, 3.63) is 89.2 Å². The number of aromatic nitrogens is 1. The summed E-state index contributed by atoms with van der Waals surface area (Å²) in [6.45, 7) is 3.39. The van der Waals surface area contributed by atoms with Crippen LogP contribution in [0.5, 0.6) is 5.75 Å². The maximum atomic E-state index is 13.4. The molecule has 1 heterocycles. The van der Waals surface area contributed by atoms with Gasteiger partial charge in [-0.15, -0.1) is 0 Å². The largest absolute Gasteiger partial charge is 0.484 e. The standard InChI is InChI=1S/C27H32ClN3O3/c1-3-4-17-30(27(33)21-34-25-14-12-23(28)13-15-25)20-26(32)31(18-22-9-6-5-7-10-22)19-24-11-8-16-29(24)2/h5-16H,3-4,17-21H2,1-2H3. The molecule has 6 nitrogen and oxygen atoms in total. The van der Waals surface area contributed by atoms with Gasteiger partial charge >= 0.3 is 0 Å². The normalized spacial score (nSPS) is 10.7. The molecule has 34 heavy (non-hydrogen) atoms. The maximum Gasteiger partial charge on any atom is 0.260 e. The van der Waals surface area contributed by atoms with Crippen molar-refractivity contribution in [3.8, 4) is 5.75 Å². The number of unbranched alkanes of at least 4 members (excludes halogenated alkanes) is 1. The van der Waals surface area contributed by atoms with Crippen molar-refractivity contribution >= 4 is 23.4 Å². The highest BCUT2D eigenvalue weighted by atomic mass is 35.5. The second-order valence-corrected chi connectivity index (χ2v) is 8.69. The van der Waals surface area contributed by atoms with Gasteiger partial charge in [0.05, 0.1) is 13.1 Å². The second kappa shape index (κ2) is 12.8. The zero-order valence-electron chi connectivity index (χ0n) is 19.8. The van der Waals surface area contributed by atoms with Crippen LogP contribution in [-0.2, 0) is 29.7 Å². The van der Waals surface area contributed by atoms with Gasteiger partial charge in [0.15, 0.2) is 6.61 Å². The molecule has 2 aromatic carbocycles. The van der Waals surface area contributed by atoms with E-state index in [0.717, 1.165) is 24.1 Å². The van der Waals surface area contributed by atoms with Gasteiger partial charge in [0, 0.05) is 37.1 Å². The minimum atomic E-state index is -0.213. The molecule has 7 heteroatoms. The van der Waals surface area contributed by atoms with Crippen molar-refractivity contribution in [1.82, 2.24) is 14.4 Å². The zero-order chi connectivity index (χ0) is 24.3. The van der Waals surface area contributed by atoms with Crippen LogP contribution in [0.2, 0.25) is 5.02 Å². The SMILES string of the molecule is CCCCN(CC(=O)N(Cc1ccccc1)Cc1cccn1C)C(=O)COc1ccc(Cl)cc1. The van der Waals surface area contributed by atoms with E-state index in [-0.39, 0.29) is 25.0 Å². The number of benzene rings is 2. The molecule has 1 aromatic heterocycles. The fraction of sp³-hybridized carbons (Fsp3) is 0.333. The van der Waals surface area contributed by atoms with Crippen LogP contribution in [0.25, 0.3) is 0 Å². The Balaban J connectivity index is 1.70. The lowest BCUT2D eigenvalue weighted by Gasteiger charge is -2.28. The fourth-order valence-corrected chi connectivity index (χ4v) is 3.69. The van der Waals surface area contributed by atoms with Crippen LogP contribution in [-0.4, -0.2) is 45.9 Å². The summed E-state index contributed by atoms with van der Waals surface area (Å²) in [4.78, 5) is 29.8. The van der Waals surface area contributed by atoms with E-state index in [0.29, 0.717) is 30.4 Å². The van der Waals surface area contributed by atoms with Crippen LogP contribution < -0.4 is 4.74 Å². The molecule has 0 bridgehead atoms. The van der Waals surface area contributed by atoms with Crippen LogP contribution in [0.3, 0.4) is 0 Å². The van der Waals surface area contributed by atoms with Gasteiger partial charge in [0.2, 0.25) is 5.91 Å². The van der Waals surface area contributed by atoms with E-state index < -0.39 is 0 Å². The van der Waals surface area contributed by atoms with Crippen molar-refractivity contribution in [3.63, 3.8) is 0 Å². The molecule has 0 saturated carbocycles. The number of carbonyl (C=O) groups is 2. The summed E-state index contributed by atoms with van der Waals surface area (Å²) in [5, 5.41) is 0.602. The molecule has 180 valence electrons. The van der Waals surface area contributed by atoms with Gasteiger partial charge in [-0.3, -0.25) is 9.59 Å². The van der Waals surface area contributed by atoms with E-state index in [1.165, 1.54) is 0 Å². The zero-order valence-corrected chi connectivity index (χ0v) is 20.6. The number of amides is 2. The van der Waals surface area contributed by atoms with Gasteiger partial charge in [-0.25, -0.2) is 0 Å². The number of nitrogens with zero attached hydrogens (tertiary/aromatic N) is 3. The van der Waals surface area contributed by atoms with Gasteiger partial charge in [0.1, 0.15) is 5.75 Å². The molecule has 0 N–H and O–H groups in total. The van der Waals surface area contributed by atoms with Gasteiger partial charge < -0.3 is 19.1 Å². The molecule has 0 aliphatic heterocycles. The number of hydrogen-bond donors (Lipinski definition) is 0. The average Bonchev–Trinajstić information content (AvgIpc) is 3.25. The Kier molecular flexibility index (Phi) is 9.59. The molecule has 0 fully saturated rings. The quantitative estimate of drug-likeness (QED) is 0.369. The Labute approximate surface area is 206 Å². The van der Waals surface area contributed by atoms with Crippen LogP contribution in [0.4, 0.5) is 0 Å². The number of ether oxygens (including phenoxy) is 1. The van der Waals surface area contributed by atoms with E-state index in [1.54, 1.807) is 34.1 Å². The predicted molar refractivity (Wildman–Crippen MR) is 135 cm³/mol. The summed E-state index contributed by atoms with van der Waals surface area (Å²) in [7, 11) is 1.96. The average molecular weight is 482 g/mol. The molecular formula is C27H32ClN3O3. The first kappa shape index (κ1) is 25.4. The summed E-state index contributed by atoms with van der Waals surface area (Å²) in [6, 6.07) is 20.7. The van der Waals surface area contributed by atoms with Gasteiger partial charge in [-0.2, -0.15) is 0 Å². The fourth-order valence-electron chi connectivity index (χ4n) is 3.56. The van der Waals surface area contributed by atoms with Crippen LogP contribution in [0.15, 0.2) is 72.9 Å². The first-order valence-electron chi connectivity index (χ1n) is 11.5. The Morgan fingerprint density at radius 3 is 2.29 bits per heavy atom. The number of halogens is 1. The molecular weight excluding hydrogens is 450 g/mol.